The first-order valence-electron chi connectivity index (χ1n) is 7.34. The standard InChI is InChI=1S/C14H26N2O.ClH/c17-14(8-7-12-4-1-2-5-12)16-11-9-13-6-3-10-15-13;/h12-13,15H,1-11H2,(H,16,17);1H/t13-;/m1./s1. The van der Waals surface area contributed by atoms with Crippen LogP contribution >= 0.6 is 12.4 Å². The van der Waals surface area contributed by atoms with Crippen LogP contribution in [0.25, 0.3) is 0 Å². The molecule has 0 spiro atoms. The Kier molecular flexibility index (Phi) is 7.68. The van der Waals surface area contributed by atoms with E-state index < -0.39 is 0 Å². The molecule has 106 valence electrons. The quantitative estimate of drug-likeness (QED) is 0.782. The van der Waals surface area contributed by atoms with Crippen molar-refractivity contribution in [2.24, 2.45) is 5.92 Å². The summed E-state index contributed by atoms with van der Waals surface area (Å²) < 4.78 is 0. The summed E-state index contributed by atoms with van der Waals surface area (Å²) in [4.78, 5) is 11.6. The maximum atomic E-state index is 11.6. The first kappa shape index (κ1) is 15.8. The predicted molar refractivity (Wildman–Crippen MR) is 77.1 cm³/mol. The summed E-state index contributed by atoms with van der Waals surface area (Å²) >= 11 is 0. The summed E-state index contributed by atoms with van der Waals surface area (Å²) in [5, 5.41) is 6.51. The molecule has 1 amide bonds. The average Bonchev–Trinajstić information content (AvgIpc) is 2.99. The van der Waals surface area contributed by atoms with Crippen LogP contribution in [-0.4, -0.2) is 25.0 Å². The summed E-state index contributed by atoms with van der Waals surface area (Å²) in [7, 11) is 0. The largest absolute Gasteiger partial charge is 0.356 e. The SMILES string of the molecule is Cl.O=C(CCC1CCCC1)NCC[C@H]1CCCN1. The molecule has 0 aromatic rings. The second-order valence-electron chi connectivity index (χ2n) is 5.62. The molecule has 1 aliphatic heterocycles. The van der Waals surface area contributed by atoms with Crippen LogP contribution in [0.2, 0.25) is 0 Å². The van der Waals surface area contributed by atoms with E-state index in [1.807, 2.05) is 0 Å². The Morgan fingerprint density at radius 1 is 1.11 bits per heavy atom. The molecule has 2 rings (SSSR count). The van der Waals surface area contributed by atoms with Gasteiger partial charge in [0.05, 0.1) is 0 Å². The molecule has 1 saturated heterocycles. The molecule has 1 heterocycles. The Morgan fingerprint density at radius 2 is 1.89 bits per heavy atom. The van der Waals surface area contributed by atoms with E-state index in [9.17, 15) is 4.79 Å². The minimum atomic E-state index is 0. The summed E-state index contributed by atoms with van der Waals surface area (Å²) in [5.41, 5.74) is 0. The molecule has 2 aliphatic rings. The Balaban J connectivity index is 0.00000162. The molecule has 1 saturated carbocycles. The van der Waals surface area contributed by atoms with Crippen LogP contribution in [0.1, 0.15) is 57.8 Å². The van der Waals surface area contributed by atoms with Gasteiger partial charge in [0.15, 0.2) is 0 Å². The van der Waals surface area contributed by atoms with Crippen LogP contribution in [0.3, 0.4) is 0 Å². The number of rotatable bonds is 6. The second kappa shape index (κ2) is 8.76. The van der Waals surface area contributed by atoms with E-state index in [0.717, 1.165) is 38.3 Å². The van der Waals surface area contributed by atoms with Crippen molar-refractivity contribution in [1.82, 2.24) is 10.6 Å². The summed E-state index contributed by atoms with van der Waals surface area (Å²) in [5.74, 6) is 1.09. The van der Waals surface area contributed by atoms with Crippen LogP contribution in [0, 0.1) is 5.92 Å². The summed E-state index contributed by atoms with van der Waals surface area (Å²) in [6.07, 6.45) is 10.9. The second-order valence-corrected chi connectivity index (χ2v) is 5.62. The zero-order valence-electron chi connectivity index (χ0n) is 11.2. The Hall–Kier alpha value is -0.280. The van der Waals surface area contributed by atoms with Crippen molar-refractivity contribution in [1.29, 1.82) is 0 Å². The number of hydrogen-bond acceptors (Lipinski definition) is 2. The van der Waals surface area contributed by atoms with Crippen molar-refractivity contribution in [3.05, 3.63) is 0 Å². The van der Waals surface area contributed by atoms with E-state index in [0.29, 0.717) is 6.04 Å². The number of amides is 1. The van der Waals surface area contributed by atoms with Crippen molar-refractivity contribution in [3.8, 4) is 0 Å². The topological polar surface area (TPSA) is 41.1 Å². The van der Waals surface area contributed by atoms with Crippen molar-refractivity contribution < 1.29 is 4.79 Å². The van der Waals surface area contributed by atoms with Gasteiger partial charge in [-0.05, 0) is 38.1 Å². The van der Waals surface area contributed by atoms with E-state index in [1.165, 1.54) is 38.5 Å². The lowest BCUT2D eigenvalue weighted by Gasteiger charge is -2.12. The minimum Gasteiger partial charge on any atom is -0.356 e. The lowest BCUT2D eigenvalue weighted by Crippen LogP contribution is -2.30. The molecule has 4 heteroatoms. The fourth-order valence-electron chi connectivity index (χ4n) is 3.11. The lowest BCUT2D eigenvalue weighted by atomic mass is 10.0. The first-order chi connectivity index (χ1) is 8.34. The molecule has 18 heavy (non-hydrogen) atoms. The van der Waals surface area contributed by atoms with Gasteiger partial charge < -0.3 is 10.6 Å². The molecule has 0 bridgehead atoms. The molecule has 2 fully saturated rings. The van der Waals surface area contributed by atoms with E-state index in [2.05, 4.69) is 10.6 Å². The monoisotopic (exact) mass is 274 g/mol. The van der Waals surface area contributed by atoms with Crippen molar-refractivity contribution >= 4 is 18.3 Å². The zero-order valence-corrected chi connectivity index (χ0v) is 12.1. The maximum absolute atomic E-state index is 11.6. The summed E-state index contributed by atoms with van der Waals surface area (Å²) in [6.45, 7) is 2.00. The first-order valence-corrected chi connectivity index (χ1v) is 7.34. The predicted octanol–water partition coefficient (Wildman–Crippen LogP) is 2.64. The number of nitrogens with one attached hydrogen (secondary N) is 2. The average molecular weight is 275 g/mol. The Bertz CT molecular complexity index is 236. The molecule has 0 aromatic heterocycles. The highest BCUT2D eigenvalue weighted by Crippen LogP contribution is 2.28. The van der Waals surface area contributed by atoms with Gasteiger partial charge in [-0.1, -0.05) is 25.7 Å². The van der Waals surface area contributed by atoms with Gasteiger partial charge in [-0.15, -0.1) is 12.4 Å². The number of carbonyl (C=O) groups excluding carboxylic acids is 1. The van der Waals surface area contributed by atoms with Gasteiger partial charge in [0.1, 0.15) is 0 Å². The highest BCUT2D eigenvalue weighted by Gasteiger charge is 2.16. The number of halogens is 1. The highest BCUT2D eigenvalue weighted by molar-refractivity contribution is 5.85. The van der Waals surface area contributed by atoms with Crippen molar-refractivity contribution in [2.45, 2.75) is 63.8 Å². The Morgan fingerprint density at radius 3 is 2.56 bits per heavy atom. The normalized spacial score (nSPS) is 23.9. The third-order valence-electron chi connectivity index (χ3n) is 4.23. The number of hydrogen-bond donors (Lipinski definition) is 2. The van der Waals surface area contributed by atoms with E-state index >= 15 is 0 Å². The third kappa shape index (κ3) is 5.57. The van der Waals surface area contributed by atoms with Gasteiger partial charge in [0.2, 0.25) is 5.91 Å². The minimum absolute atomic E-state index is 0. The zero-order chi connectivity index (χ0) is 11.9. The van der Waals surface area contributed by atoms with Gasteiger partial charge in [-0.2, -0.15) is 0 Å². The fourth-order valence-corrected chi connectivity index (χ4v) is 3.11. The van der Waals surface area contributed by atoms with Crippen molar-refractivity contribution in [3.63, 3.8) is 0 Å². The van der Waals surface area contributed by atoms with Crippen LogP contribution in [0.5, 0.6) is 0 Å². The Labute approximate surface area is 117 Å². The van der Waals surface area contributed by atoms with E-state index in [-0.39, 0.29) is 18.3 Å². The molecule has 1 atom stereocenters. The highest BCUT2D eigenvalue weighted by atomic mass is 35.5. The molecular formula is C14H27ClN2O. The van der Waals surface area contributed by atoms with E-state index in [1.54, 1.807) is 0 Å². The lowest BCUT2D eigenvalue weighted by molar-refractivity contribution is -0.121. The van der Waals surface area contributed by atoms with Gasteiger partial charge in [-0.3, -0.25) is 4.79 Å². The molecule has 2 N–H and O–H groups in total. The molecule has 0 aromatic carbocycles. The van der Waals surface area contributed by atoms with Crippen LogP contribution in [-0.2, 0) is 4.79 Å². The van der Waals surface area contributed by atoms with Gasteiger partial charge in [0, 0.05) is 19.0 Å². The van der Waals surface area contributed by atoms with Crippen LogP contribution < -0.4 is 10.6 Å². The smallest absolute Gasteiger partial charge is 0.220 e. The van der Waals surface area contributed by atoms with Gasteiger partial charge in [0.25, 0.3) is 0 Å². The molecule has 1 aliphatic carbocycles. The molecular weight excluding hydrogens is 248 g/mol. The van der Waals surface area contributed by atoms with E-state index in [4.69, 9.17) is 0 Å². The van der Waals surface area contributed by atoms with Crippen molar-refractivity contribution in [2.75, 3.05) is 13.1 Å². The van der Waals surface area contributed by atoms with Gasteiger partial charge >= 0.3 is 0 Å². The van der Waals surface area contributed by atoms with Crippen LogP contribution in [0.15, 0.2) is 0 Å². The molecule has 0 unspecified atom stereocenters. The third-order valence-corrected chi connectivity index (χ3v) is 4.23. The summed E-state index contributed by atoms with van der Waals surface area (Å²) in [6, 6.07) is 0.644. The van der Waals surface area contributed by atoms with Gasteiger partial charge in [-0.25, -0.2) is 0 Å². The number of carbonyl (C=O) groups is 1. The maximum Gasteiger partial charge on any atom is 0.220 e. The molecule has 3 nitrogen and oxygen atoms in total. The fraction of sp³-hybridized carbons (Fsp3) is 0.929. The van der Waals surface area contributed by atoms with Crippen LogP contribution in [0.4, 0.5) is 0 Å². The molecule has 0 radical (unpaired) electrons.